The summed E-state index contributed by atoms with van der Waals surface area (Å²) in [6.45, 7) is 10.8. The summed E-state index contributed by atoms with van der Waals surface area (Å²) in [6, 6.07) is 8.12. The smallest absolute Gasteiger partial charge is 0.221 e. The maximum atomic E-state index is 13.3. The van der Waals surface area contributed by atoms with Gasteiger partial charge in [-0.15, -0.1) is 11.3 Å². The zero-order chi connectivity index (χ0) is 29.4. The van der Waals surface area contributed by atoms with Gasteiger partial charge in [0.15, 0.2) is 5.13 Å². The Balaban J connectivity index is 1.17. The summed E-state index contributed by atoms with van der Waals surface area (Å²) in [5, 5.41) is 7.52. The van der Waals surface area contributed by atoms with Crippen LogP contribution in [0.4, 0.5) is 10.8 Å². The van der Waals surface area contributed by atoms with Crippen molar-refractivity contribution in [1.82, 2.24) is 25.1 Å². The van der Waals surface area contributed by atoms with E-state index in [1.165, 1.54) is 25.9 Å². The zero-order valence-corrected chi connectivity index (χ0v) is 26.2. The van der Waals surface area contributed by atoms with Crippen molar-refractivity contribution in [2.24, 2.45) is 0 Å². The van der Waals surface area contributed by atoms with E-state index in [2.05, 4.69) is 42.4 Å². The number of hydrogen-bond donors (Lipinski definition) is 1. The van der Waals surface area contributed by atoms with Crippen LogP contribution in [0.5, 0.6) is 5.75 Å². The van der Waals surface area contributed by atoms with Gasteiger partial charge in [-0.2, -0.15) is 0 Å². The average molecular weight is 608 g/mol. The number of morpholine rings is 1. The van der Waals surface area contributed by atoms with Gasteiger partial charge in [0.2, 0.25) is 5.91 Å². The van der Waals surface area contributed by atoms with Crippen LogP contribution in [0, 0.1) is 0 Å². The summed E-state index contributed by atoms with van der Waals surface area (Å²) in [4.78, 5) is 32.8. The van der Waals surface area contributed by atoms with Crippen molar-refractivity contribution in [2.45, 2.75) is 38.1 Å². The first-order valence-corrected chi connectivity index (χ1v) is 16.8. The van der Waals surface area contributed by atoms with Crippen molar-refractivity contribution in [1.29, 1.82) is 0 Å². The normalized spacial score (nSPS) is 19.5. The average Bonchev–Trinajstić information content (AvgIpc) is 3.70. The van der Waals surface area contributed by atoms with Crippen molar-refractivity contribution >= 4 is 39.0 Å². The van der Waals surface area contributed by atoms with Gasteiger partial charge in [-0.25, -0.2) is 4.98 Å². The molecule has 0 bridgehead atoms. The second-order valence-corrected chi connectivity index (χ2v) is 12.5. The molecule has 1 amide bonds. The molecule has 0 aliphatic carbocycles. The summed E-state index contributed by atoms with van der Waals surface area (Å²) in [6.07, 6.45) is 6.82. The molecule has 0 spiro atoms. The lowest BCUT2D eigenvalue weighted by molar-refractivity contribution is -0.122. The Morgan fingerprint density at radius 1 is 1.02 bits per heavy atom. The molecule has 1 N–H and O–H groups in total. The Bertz CT molecular complexity index is 1340. The minimum absolute atomic E-state index is 0.0721. The Hall–Kier alpha value is -2.99. The van der Waals surface area contributed by atoms with E-state index in [1.54, 1.807) is 18.4 Å². The van der Waals surface area contributed by atoms with Crippen LogP contribution in [0.25, 0.3) is 10.9 Å². The first-order chi connectivity index (χ1) is 21.2. The molecule has 2 aromatic heterocycles. The summed E-state index contributed by atoms with van der Waals surface area (Å²) in [5.41, 5.74) is 3.02. The van der Waals surface area contributed by atoms with Gasteiger partial charge in [0.1, 0.15) is 11.4 Å². The number of likely N-dealkylation sites (tertiary alicyclic amines) is 1. The second kappa shape index (κ2) is 14.7. The number of carbonyl (C=O) groups is 1. The van der Waals surface area contributed by atoms with Crippen molar-refractivity contribution < 1.29 is 14.3 Å². The highest BCUT2D eigenvalue weighted by molar-refractivity contribution is 7.13. The van der Waals surface area contributed by atoms with E-state index in [0.717, 1.165) is 112 Å². The standard InChI is InChI=1S/C32H45N7O3S/c1-41-28-9-8-25-7-4-10-34-30(25)31(28)38-16-6-15-37(17-18-38)27(23-29(40)33-11-5-14-36-12-2-3-13-36)26-24-43-32(35-26)39-19-21-42-22-20-39/h4,7-10,24,27H,2-3,5-6,11-23H2,1H3,(H,33,40). The highest BCUT2D eigenvalue weighted by atomic mass is 32.1. The lowest BCUT2D eigenvalue weighted by Gasteiger charge is -2.30. The van der Waals surface area contributed by atoms with E-state index in [4.69, 9.17) is 19.4 Å². The molecule has 3 fully saturated rings. The van der Waals surface area contributed by atoms with E-state index >= 15 is 0 Å². The highest BCUT2D eigenvalue weighted by Crippen LogP contribution is 2.37. The Labute approximate surface area is 259 Å². The number of aromatic nitrogens is 2. The third-order valence-corrected chi connectivity index (χ3v) is 9.82. The number of nitrogens with zero attached hydrogens (tertiary/aromatic N) is 6. The number of ether oxygens (including phenoxy) is 2. The van der Waals surface area contributed by atoms with Crippen molar-refractivity contribution in [3.63, 3.8) is 0 Å². The molecule has 1 atom stereocenters. The number of hydrogen-bond acceptors (Lipinski definition) is 10. The van der Waals surface area contributed by atoms with Gasteiger partial charge in [0.25, 0.3) is 0 Å². The quantitative estimate of drug-likeness (QED) is 0.328. The molecular weight excluding hydrogens is 562 g/mol. The second-order valence-electron chi connectivity index (χ2n) is 11.7. The lowest BCUT2D eigenvalue weighted by atomic mass is 10.1. The van der Waals surface area contributed by atoms with Gasteiger partial charge < -0.3 is 29.5 Å². The van der Waals surface area contributed by atoms with Crippen LogP contribution in [0.3, 0.4) is 0 Å². The number of fused-ring (bicyclic) bond motifs is 1. The molecule has 11 heteroatoms. The number of thiazole rings is 1. The Kier molecular flexibility index (Phi) is 10.2. The summed E-state index contributed by atoms with van der Waals surface area (Å²) >= 11 is 1.68. The minimum atomic E-state index is -0.0721. The lowest BCUT2D eigenvalue weighted by Crippen LogP contribution is -2.38. The molecule has 3 aromatic rings. The minimum Gasteiger partial charge on any atom is -0.494 e. The van der Waals surface area contributed by atoms with Crippen LogP contribution in [-0.4, -0.2) is 111 Å². The number of benzene rings is 1. The topological polar surface area (TPSA) is 86.3 Å². The van der Waals surface area contributed by atoms with Crippen LogP contribution < -0.4 is 19.9 Å². The number of methoxy groups -OCH3 is 1. The fourth-order valence-electron chi connectivity index (χ4n) is 6.59. The third kappa shape index (κ3) is 7.39. The van der Waals surface area contributed by atoms with E-state index < -0.39 is 0 Å². The molecule has 43 heavy (non-hydrogen) atoms. The number of anilines is 2. The SMILES string of the molecule is COc1ccc2cccnc2c1N1CCCN(C(CC(=O)NCCCN2CCCC2)c2csc(N3CCOCC3)n2)CC1. The largest absolute Gasteiger partial charge is 0.494 e. The molecule has 6 rings (SSSR count). The highest BCUT2D eigenvalue weighted by Gasteiger charge is 2.30. The molecule has 3 saturated heterocycles. The van der Waals surface area contributed by atoms with E-state index in [0.29, 0.717) is 6.42 Å². The zero-order valence-electron chi connectivity index (χ0n) is 25.4. The van der Waals surface area contributed by atoms with Gasteiger partial charge in [0, 0.05) is 69.2 Å². The number of pyridine rings is 1. The van der Waals surface area contributed by atoms with Crippen LogP contribution in [0.2, 0.25) is 0 Å². The summed E-state index contributed by atoms with van der Waals surface area (Å²) < 4.78 is 11.4. The number of carbonyl (C=O) groups excluding carboxylic acids is 1. The third-order valence-electron chi connectivity index (χ3n) is 8.90. The van der Waals surface area contributed by atoms with E-state index in [9.17, 15) is 4.79 Å². The predicted octanol–water partition coefficient (Wildman–Crippen LogP) is 3.78. The van der Waals surface area contributed by atoms with Gasteiger partial charge in [0.05, 0.1) is 37.6 Å². The van der Waals surface area contributed by atoms with Gasteiger partial charge >= 0.3 is 0 Å². The molecule has 232 valence electrons. The van der Waals surface area contributed by atoms with Crippen LogP contribution in [0.15, 0.2) is 35.8 Å². The first-order valence-electron chi connectivity index (χ1n) is 15.9. The maximum absolute atomic E-state index is 13.3. The maximum Gasteiger partial charge on any atom is 0.221 e. The van der Waals surface area contributed by atoms with Crippen molar-refractivity contribution in [3.8, 4) is 5.75 Å². The van der Waals surface area contributed by atoms with E-state index in [-0.39, 0.29) is 11.9 Å². The van der Waals surface area contributed by atoms with E-state index in [1.807, 2.05) is 18.3 Å². The summed E-state index contributed by atoms with van der Waals surface area (Å²) in [7, 11) is 1.73. The Morgan fingerprint density at radius 2 is 1.88 bits per heavy atom. The number of amides is 1. The molecule has 0 radical (unpaired) electrons. The number of nitrogens with one attached hydrogen (secondary N) is 1. The molecule has 0 saturated carbocycles. The van der Waals surface area contributed by atoms with Crippen molar-refractivity contribution in [2.75, 3.05) is 95.6 Å². The molecule has 5 heterocycles. The van der Waals surface area contributed by atoms with Crippen LogP contribution in [-0.2, 0) is 9.53 Å². The predicted molar refractivity (Wildman–Crippen MR) is 173 cm³/mol. The first kappa shape index (κ1) is 30.1. The molecular formula is C32H45N7O3S. The monoisotopic (exact) mass is 607 g/mol. The fourth-order valence-corrected chi connectivity index (χ4v) is 7.51. The van der Waals surface area contributed by atoms with Gasteiger partial charge in [-0.3, -0.25) is 14.7 Å². The molecule has 3 aliphatic rings. The molecule has 1 unspecified atom stereocenters. The van der Waals surface area contributed by atoms with Gasteiger partial charge in [-0.05, 0) is 63.5 Å². The van der Waals surface area contributed by atoms with Gasteiger partial charge in [-0.1, -0.05) is 6.07 Å². The number of rotatable bonds is 11. The molecule has 1 aromatic carbocycles. The van der Waals surface area contributed by atoms with Crippen LogP contribution >= 0.6 is 11.3 Å². The Morgan fingerprint density at radius 3 is 2.72 bits per heavy atom. The molecule has 10 nitrogen and oxygen atoms in total. The van der Waals surface area contributed by atoms with Crippen molar-refractivity contribution in [3.05, 3.63) is 41.5 Å². The summed E-state index contributed by atoms with van der Waals surface area (Å²) in [5.74, 6) is 0.951. The van der Waals surface area contributed by atoms with Crippen LogP contribution in [0.1, 0.15) is 43.8 Å². The molecule has 3 aliphatic heterocycles. The fraction of sp³-hybridized carbons (Fsp3) is 0.594.